The SMILES string of the molecule is NC(=NC1CCOC1C1CC1)c1ccccc1. The normalized spacial score (nSPS) is 29.5. The van der Waals surface area contributed by atoms with Crippen molar-refractivity contribution in [1.29, 1.82) is 0 Å². The van der Waals surface area contributed by atoms with Gasteiger partial charge in [-0.2, -0.15) is 0 Å². The summed E-state index contributed by atoms with van der Waals surface area (Å²) in [6, 6.07) is 10.2. The Bertz CT molecular complexity index is 411. The summed E-state index contributed by atoms with van der Waals surface area (Å²) in [6.45, 7) is 0.831. The second-order valence-electron chi connectivity index (χ2n) is 4.91. The van der Waals surface area contributed by atoms with Gasteiger partial charge in [-0.1, -0.05) is 30.3 Å². The van der Waals surface area contributed by atoms with E-state index in [0.29, 0.717) is 11.9 Å². The average Bonchev–Trinajstić information content (AvgIpc) is 3.11. The molecule has 1 aromatic carbocycles. The van der Waals surface area contributed by atoms with E-state index in [-0.39, 0.29) is 6.04 Å². The molecular weight excluding hydrogens is 212 g/mol. The standard InChI is InChI=1S/C14H18N2O/c15-14(11-4-2-1-3-5-11)16-12-8-9-17-13(12)10-6-7-10/h1-5,10,12-13H,6-9H2,(H2,15,16). The highest BCUT2D eigenvalue weighted by molar-refractivity contribution is 5.97. The van der Waals surface area contributed by atoms with Crippen LogP contribution in [0.2, 0.25) is 0 Å². The fourth-order valence-electron chi connectivity index (χ4n) is 2.48. The monoisotopic (exact) mass is 230 g/mol. The number of aliphatic imine (C=N–C) groups is 1. The highest BCUT2D eigenvalue weighted by Crippen LogP contribution is 2.39. The maximum Gasteiger partial charge on any atom is 0.125 e. The maximum absolute atomic E-state index is 6.05. The van der Waals surface area contributed by atoms with Crippen LogP contribution in [0, 0.1) is 5.92 Å². The van der Waals surface area contributed by atoms with Crippen molar-refractivity contribution in [2.75, 3.05) is 6.61 Å². The summed E-state index contributed by atoms with van der Waals surface area (Å²) in [6.07, 6.45) is 3.91. The Balaban J connectivity index is 1.76. The van der Waals surface area contributed by atoms with Gasteiger partial charge in [-0.3, -0.25) is 4.99 Å². The van der Waals surface area contributed by atoms with E-state index < -0.39 is 0 Å². The number of ether oxygens (including phenoxy) is 1. The van der Waals surface area contributed by atoms with E-state index in [1.54, 1.807) is 0 Å². The van der Waals surface area contributed by atoms with Gasteiger partial charge in [0.15, 0.2) is 0 Å². The van der Waals surface area contributed by atoms with Crippen LogP contribution < -0.4 is 5.73 Å². The zero-order valence-electron chi connectivity index (χ0n) is 9.88. The summed E-state index contributed by atoms with van der Waals surface area (Å²) >= 11 is 0. The molecule has 0 amide bonds. The fourth-order valence-corrected chi connectivity index (χ4v) is 2.48. The fraction of sp³-hybridized carbons (Fsp3) is 0.500. The largest absolute Gasteiger partial charge is 0.383 e. The molecule has 2 aliphatic rings. The first-order valence-corrected chi connectivity index (χ1v) is 6.35. The van der Waals surface area contributed by atoms with E-state index >= 15 is 0 Å². The second kappa shape index (κ2) is 4.49. The van der Waals surface area contributed by atoms with Gasteiger partial charge < -0.3 is 10.5 Å². The Labute approximate surface area is 102 Å². The molecule has 0 radical (unpaired) electrons. The highest BCUT2D eigenvalue weighted by atomic mass is 16.5. The minimum atomic E-state index is 0.266. The smallest absolute Gasteiger partial charge is 0.125 e. The minimum absolute atomic E-state index is 0.266. The Kier molecular flexibility index (Phi) is 2.85. The second-order valence-corrected chi connectivity index (χ2v) is 4.91. The zero-order chi connectivity index (χ0) is 11.7. The third-order valence-corrected chi connectivity index (χ3v) is 3.56. The molecule has 2 fully saturated rings. The molecule has 1 aliphatic carbocycles. The summed E-state index contributed by atoms with van der Waals surface area (Å²) < 4.78 is 5.76. The van der Waals surface area contributed by atoms with Crippen molar-refractivity contribution in [3.8, 4) is 0 Å². The molecule has 3 nitrogen and oxygen atoms in total. The van der Waals surface area contributed by atoms with Gasteiger partial charge in [0.2, 0.25) is 0 Å². The molecule has 0 bridgehead atoms. The lowest BCUT2D eigenvalue weighted by atomic mass is 10.1. The molecule has 0 aromatic heterocycles. The molecular formula is C14H18N2O. The van der Waals surface area contributed by atoms with Crippen LogP contribution in [-0.4, -0.2) is 24.6 Å². The van der Waals surface area contributed by atoms with Crippen molar-refractivity contribution in [3.63, 3.8) is 0 Å². The summed E-state index contributed by atoms with van der Waals surface area (Å²) in [5, 5.41) is 0. The van der Waals surface area contributed by atoms with E-state index in [1.807, 2.05) is 30.3 Å². The lowest BCUT2D eigenvalue weighted by Crippen LogP contribution is -2.25. The molecule has 1 aromatic rings. The summed E-state index contributed by atoms with van der Waals surface area (Å²) in [5.41, 5.74) is 7.06. The number of benzene rings is 1. The quantitative estimate of drug-likeness (QED) is 0.637. The van der Waals surface area contributed by atoms with Gasteiger partial charge >= 0.3 is 0 Å². The van der Waals surface area contributed by atoms with Gasteiger partial charge in [0.1, 0.15) is 5.84 Å². The molecule has 2 atom stereocenters. The molecule has 2 unspecified atom stereocenters. The number of amidine groups is 1. The van der Waals surface area contributed by atoms with Crippen molar-refractivity contribution < 1.29 is 4.74 Å². The van der Waals surface area contributed by atoms with Crippen molar-refractivity contribution in [3.05, 3.63) is 35.9 Å². The Morgan fingerprint density at radius 2 is 1.94 bits per heavy atom. The molecule has 1 aliphatic heterocycles. The van der Waals surface area contributed by atoms with E-state index in [2.05, 4.69) is 4.99 Å². The number of nitrogens with zero attached hydrogens (tertiary/aromatic N) is 1. The van der Waals surface area contributed by atoms with Crippen LogP contribution in [0.15, 0.2) is 35.3 Å². The lowest BCUT2D eigenvalue weighted by molar-refractivity contribution is 0.0875. The van der Waals surface area contributed by atoms with Gasteiger partial charge in [-0.05, 0) is 25.2 Å². The van der Waals surface area contributed by atoms with Crippen LogP contribution in [0.1, 0.15) is 24.8 Å². The van der Waals surface area contributed by atoms with Crippen LogP contribution in [0.3, 0.4) is 0 Å². The van der Waals surface area contributed by atoms with Gasteiger partial charge in [-0.15, -0.1) is 0 Å². The van der Waals surface area contributed by atoms with E-state index in [1.165, 1.54) is 12.8 Å². The third-order valence-electron chi connectivity index (χ3n) is 3.56. The number of hydrogen-bond donors (Lipinski definition) is 1. The minimum Gasteiger partial charge on any atom is -0.383 e. The molecule has 2 N–H and O–H groups in total. The predicted octanol–water partition coefficient (Wildman–Crippen LogP) is 1.96. The van der Waals surface area contributed by atoms with E-state index in [9.17, 15) is 0 Å². The van der Waals surface area contributed by atoms with Crippen molar-refractivity contribution in [2.24, 2.45) is 16.6 Å². The van der Waals surface area contributed by atoms with Gasteiger partial charge in [0.05, 0.1) is 12.1 Å². The first-order chi connectivity index (χ1) is 8.34. The Morgan fingerprint density at radius 1 is 1.18 bits per heavy atom. The van der Waals surface area contributed by atoms with Crippen LogP contribution >= 0.6 is 0 Å². The third kappa shape index (κ3) is 2.34. The van der Waals surface area contributed by atoms with Gasteiger partial charge in [0.25, 0.3) is 0 Å². The first kappa shape index (κ1) is 10.8. The molecule has 1 heterocycles. The van der Waals surface area contributed by atoms with Crippen LogP contribution in [0.5, 0.6) is 0 Å². The molecule has 0 spiro atoms. The molecule has 3 heteroatoms. The number of hydrogen-bond acceptors (Lipinski definition) is 2. The molecule has 1 saturated heterocycles. The van der Waals surface area contributed by atoms with Gasteiger partial charge in [0, 0.05) is 12.2 Å². The van der Waals surface area contributed by atoms with Crippen LogP contribution in [0.4, 0.5) is 0 Å². The maximum atomic E-state index is 6.05. The summed E-state index contributed by atoms with van der Waals surface area (Å²) in [7, 11) is 0. The Morgan fingerprint density at radius 3 is 2.65 bits per heavy atom. The number of rotatable bonds is 3. The lowest BCUT2D eigenvalue weighted by Gasteiger charge is -2.14. The van der Waals surface area contributed by atoms with Crippen molar-refractivity contribution in [1.82, 2.24) is 0 Å². The van der Waals surface area contributed by atoms with Crippen molar-refractivity contribution >= 4 is 5.84 Å². The molecule has 3 rings (SSSR count). The molecule has 1 saturated carbocycles. The topological polar surface area (TPSA) is 47.6 Å². The zero-order valence-corrected chi connectivity index (χ0v) is 9.88. The summed E-state index contributed by atoms with van der Waals surface area (Å²) in [5.74, 6) is 1.38. The molecule has 17 heavy (non-hydrogen) atoms. The first-order valence-electron chi connectivity index (χ1n) is 6.35. The average molecular weight is 230 g/mol. The highest BCUT2D eigenvalue weighted by Gasteiger charge is 2.40. The summed E-state index contributed by atoms with van der Waals surface area (Å²) in [4.78, 5) is 4.66. The molecule has 90 valence electrons. The van der Waals surface area contributed by atoms with Gasteiger partial charge in [-0.25, -0.2) is 0 Å². The van der Waals surface area contributed by atoms with E-state index in [4.69, 9.17) is 10.5 Å². The predicted molar refractivity (Wildman–Crippen MR) is 68.0 cm³/mol. The van der Waals surface area contributed by atoms with E-state index in [0.717, 1.165) is 24.5 Å². The number of nitrogens with two attached hydrogens (primary N) is 1. The van der Waals surface area contributed by atoms with Crippen LogP contribution in [0.25, 0.3) is 0 Å². The Hall–Kier alpha value is -1.35. The van der Waals surface area contributed by atoms with Crippen LogP contribution in [-0.2, 0) is 4.74 Å². The van der Waals surface area contributed by atoms with Crippen molar-refractivity contribution in [2.45, 2.75) is 31.4 Å².